The minimum Gasteiger partial charge on any atom is -0.493 e. The van der Waals surface area contributed by atoms with Crippen molar-refractivity contribution in [3.8, 4) is 5.75 Å². The minimum absolute atomic E-state index is 0.00976. The lowest BCUT2D eigenvalue weighted by atomic mass is 9.94. The molecule has 3 N–H and O–H groups in total. The second-order valence-electron chi connectivity index (χ2n) is 11.2. The zero-order valence-electron chi connectivity index (χ0n) is 21.8. The molecular weight excluding hydrogens is 466 g/mol. The van der Waals surface area contributed by atoms with E-state index in [4.69, 9.17) is 9.72 Å². The van der Waals surface area contributed by atoms with Crippen molar-refractivity contribution >= 4 is 17.6 Å². The number of aromatic nitrogens is 1. The largest absolute Gasteiger partial charge is 0.493 e. The number of piperidine rings is 1. The van der Waals surface area contributed by atoms with Crippen LogP contribution in [0.3, 0.4) is 0 Å². The van der Waals surface area contributed by atoms with E-state index >= 15 is 0 Å². The molecule has 3 atom stereocenters. The average Bonchev–Trinajstić information content (AvgIpc) is 3.63. The zero-order chi connectivity index (χ0) is 25.6. The van der Waals surface area contributed by atoms with E-state index in [0.717, 1.165) is 75.2 Å². The Kier molecular flexibility index (Phi) is 6.31. The highest BCUT2D eigenvalue weighted by Gasteiger charge is 2.42. The number of hydrogen-bond donors (Lipinski definition) is 3. The Bertz CT molecular complexity index is 1180. The first-order valence-corrected chi connectivity index (χ1v) is 13.8. The van der Waals surface area contributed by atoms with E-state index in [0.29, 0.717) is 29.8 Å². The molecule has 0 spiro atoms. The third-order valence-electron chi connectivity index (χ3n) is 8.99. The maximum absolute atomic E-state index is 13.2. The van der Waals surface area contributed by atoms with E-state index < -0.39 is 0 Å². The van der Waals surface area contributed by atoms with Gasteiger partial charge in [-0.1, -0.05) is 13.0 Å². The lowest BCUT2D eigenvalue weighted by molar-refractivity contribution is 0.0900. The number of fused-ring (bicyclic) bond motifs is 3. The van der Waals surface area contributed by atoms with Gasteiger partial charge in [-0.15, -0.1) is 0 Å². The molecular formula is C29H37N5O3. The summed E-state index contributed by atoms with van der Waals surface area (Å²) in [6, 6.07) is 8.68. The quantitative estimate of drug-likeness (QED) is 0.561. The van der Waals surface area contributed by atoms with Crippen LogP contribution in [0.4, 0.5) is 5.82 Å². The Morgan fingerprint density at radius 3 is 2.65 bits per heavy atom. The molecule has 8 heteroatoms. The molecule has 3 fully saturated rings. The third kappa shape index (κ3) is 4.45. The molecule has 0 aliphatic carbocycles. The Morgan fingerprint density at radius 1 is 1.16 bits per heavy atom. The summed E-state index contributed by atoms with van der Waals surface area (Å²) in [7, 11) is 0. The van der Waals surface area contributed by atoms with Crippen molar-refractivity contribution in [2.45, 2.75) is 82.5 Å². The summed E-state index contributed by atoms with van der Waals surface area (Å²) in [5.41, 5.74) is 3.29. The van der Waals surface area contributed by atoms with Crippen LogP contribution in [0, 0.1) is 6.92 Å². The maximum Gasteiger partial charge on any atom is 0.253 e. The van der Waals surface area contributed by atoms with Gasteiger partial charge in [-0.05, 0) is 75.8 Å². The molecule has 2 aromatic rings. The predicted molar refractivity (Wildman–Crippen MR) is 142 cm³/mol. The van der Waals surface area contributed by atoms with Gasteiger partial charge in [-0.2, -0.15) is 0 Å². The Balaban J connectivity index is 1.10. The van der Waals surface area contributed by atoms with Crippen molar-refractivity contribution in [2.75, 3.05) is 24.6 Å². The molecule has 2 bridgehead atoms. The van der Waals surface area contributed by atoms with E-state index in [1.165, 1.54) is 5.56 Å². The van der Waals surface area contributed by atoms with Gasteiger partial charge < -0.3 is 25.6 Å². The summed E-state index contributed by atoms with van der Waals surface area (Å²) in [5, 5.41) is 9.90. The normalized spacial score (nSPS) is 28.1. The average molecular weight is 504 g/mol. The van der Waals surface area contributed by atoms with Gasteiger partial charge >= 0.3 is 0 Å². The predicted octanol–water partition coefficient (Wildman–Crippen LogP) is 3.13. The van der Waals surface area contributed by atoms with Crippen molar-refractivity contribution in [1.82, 2.24) is 20.9 Å². The van der Waals surface area contributed by atoms with Crippen LogP contribution in [0.5, 0.6) is 5.75 Å². The highest BCUT2D eigenvalue weighted by molar-refractivity contribution is 5.97. The van der Waals surface area contributed by atoms with E-state index in [-0.39, 0.29) is 23.4 Å². The highest BCUT2D eigenvalue weighted by atomic mass is 16.5. The van der Waals surface area contributed by atoms with Crippen molar-refractivity contribution in [1.29, 1.82) is 0 Å². The summed E-state index contributed by atoms with van der Waals surface area (Å²) in [6.45, 7) is 6.55. The number of pyridine rings is 1. The first kappa shape index (κ1) is 24.2. The number of ether oxygens (including phenoxy) is 1. The van der Waals surface area contributed by atoms with Crippen LogP contribution in [0.1, 0.15) is 77.3 Å². The second-order valence-corrected chi connectivity index (χ2v) is 11.2. The van der Waals surface area contributed by atoms with Gasteiger partial charge in [0, 0.05) is 48.4 Å². The Labute approximate surface area is 218 Å². The summed E-state index contributed by atoms with van der Waals surface area (Å²) < 4.78 is 5.76. The molecule has 0 radical (unpaired) electrons. The summed E-state index contributed by atoms with van der Waals surface area (Å²) in [5.74, 6) is 1.74. The smallest absolute Gasteiger partial charge is 0.253 e. The first-order chi connectivity index (χ1) is 18.0. The maximum atomic E-state index is 13.2. The fourth-order valence-corrected chi connectivity index (χ4v) is 6.81. The van der Waals surface area contributed by atoms with Gasteiger partial charge in [0.15, 0.2) is 0 Å². The highest BCUT2D eigenvalue weighted by Crippen LogP contribution is 2.39. The molecule has 8 nitrogen and oxygen atoms in total. The standard InChI is InChI=1S/C29H37N5O3/c1-3-29(11-12-30-17-29)33-27(35)20-5-9-25(31-16-20)34-22-6-7-23(34)15-21(14-22)32-28(36)24-8-4-19-10-13-37-26(19)18(24)2/h4-5,8-9,16,21-23,30H,3,6-7,10-15,17H2,1-2H3,(H,32,36)(H,33,35)/t21?,22?,23?,29-/m1/s1. The number of nitrogens with one attached hydrogen (secondary N) is 3. The van der Waals surface area contributed by atoms with Crippen LogP contribution in [0.15, 0.2) is 30.5 Å². The van der Waals surface area contributed by atoms with E-state index in [1.54, 1.807) is 6.20 Å². The summed E-state index contributed by atoms with van der Waals surface area (Å²) in [4.78, 5) is 33.2. The molecule has 37 heavy (non-hydrogen) atoms. The van der Waals surface area contributed by atoms with Crippen LogP contribution in [-0.2, 0) is 6.42 Å². The van der Waals surface area contributed by atoms with E-state index in [1.807, 2.05) is 31.2 Å². The topological polar surface area (TPSA) is 95.6 Å². The third-order valence-corrected chi connectivity index (χ3v) is 8.99. The molecule has 1 aromatic carbocycles. The minimum atomic E-state index is -0.160. The zero-order valence-corrected chi connectivity index (χ0v) is 21.8. The van der Waals surface area contributed by atoms with Gasteiger partial charge in [-0.3, -0.25) is 9.59 Å². The molecule has 4 aliphatic rings. The number of carbonyl (C=O) groups excluding carboxylic acids is 2. The fraction of sp³-hybridized carbons (Fsp3) is 0.552. The van der Waals surface area contributed by atoms with Crippen molar-refractivity contribution in [3.05, 3.63) is 52.7 Å². The molecule has 5 heterocycles. The number of amides is 2. The number of anilines is 1. The van der Waals surface area contributed by atoms with Crippen LogP contribution >= 0.6 is 0 Å². The van der Waals surface area contributed by atoms with Crippen molar-refractivity contribution < 1.29 is 14.3 Å². The lowest BCUT2D eigenvalue weighted by Crippen LogP contribution is -2.51. The number of rotatable bonds is 6. The molecule has 3 saturated heterocycles. The fourth-order valence-electron chi connectivity index (χ4n) is 6.81. The Morgan fingerprint density at radius 2 is 1.97 bits per heavy atom. The van der Waals surface area contributed by atoms with Gasteiger partial charge in [0.05, 0.1) is 17.7 Å². The van der Waals surface area contributed by atoms with Gasteiger partial charge in [0.1, 0.15) is 11.6 Å². The van der Waals surface area contributed by atoms with Gasteiger partial charge in [0.25, 0.3) is 11.8 Å². The van der Waals surface area contributed by atoms with Crippen LogP contribution < -0.4 is 25.6 Å². The van der Waals surface area contributed by atoms with Crippen LogP contribution in [0.2, 0.25) is 0 Å². The summed E-state index contributed by atoms with van der Waals surface area (Å²) >= 11 is 0. The molecule has 6 rings (SSSR count). The molecule has 2 amide bonds. The number of nitrogens with zero attached hydrogens (tertiary/aromatic N) is 2. The van der Waals surface area contributed by atoms with Gasteiger partial charge in [0.2, 0.25) is 0 Å². The van der Waals surface area contributed by atoms with Crippen LogP contribution in [-0.4, -0.2) is 60.2 Å². The molecule has 4 aliphatic heterocycles. The summed E-state index contributed by atoms with van der Waals surface area (Å²) in [6.07, 6.45) is 8.48. The number of carbonyl (C=O) groups is 2. The monoisotopic (exact) mass is 503 g/mol. The van der Waals surface area contributed by atoms with E-state index in [9.17, 15) is 9.59 Å². The first-order valence-electron chi connectivity index (χ1n) is 13.8. The lowest BCUT2D eigenvalue weighted by Gasteiger charge is -2.40. The molecule has 1 aromatic heterocycles. The van der Waals surface area contributed by atoms with Crippen molar-refractivity contribution in [2.24, 2.45) is 0 Å². The second kappa shape index (κ2) is 9.63. The molecule has 196 valence electrons. The number of hydrogen-bond acceptors (Lipinski definition) is 6. The van der Waals surface area contributed by atoms with Gasteiger partial charge in [-0.25, -0.2) is 4.98 Å². The van der Waals surface area contributed by atoms with Crippen molar-refractivity contribution in [3.63, 3.8) is 0 Å². The molecule has 0 saturated carbocycles. The Hall–Kier alpha value is -3.13. The number of benzene rings is 1. The van der Waals surface area contributed by atoms with Crippen LogP contribution in [0.25, 0.3) is 0 Å². The van der Waals surface area contributed by atoms with E-state index in [2.05, 4.69) is 27.8 Å². The SMILES string of the molecule is CC[C@@]1(NC(=O)c2ccc(N3C4CCC3CC(NC(=O)c3ccc5c(c3C)OCC5)C4)nc2)CCNC1. The molecule has 2 unspecified atom stereocenters.